The van der Waals surface area contributed by atoms with E-state index in [0.29, 0.717) is 26.2 Å². The monoisotopic (exact) mass is 201 g/mol. The molecule has 2 N–H and O–H groups in total. The molecule has 1 aliphatic heterocycles. The van der Waals surface area contributed by atoms with E-state index in [1.54, 1.807) is 0 Å². The van der Waals surface area contributed by atoms with Gasteiger partial charge in [0, 0.05) is 31.8 Å². The van der Waals surface area contributed by atoms with Crippen molar-refractivity contribution in [1.29, 1.82) is 0 Å². The van der Waals surface area contributed by atoms with Crippen LogP contribution in [0, 0.1) is 0 Å². The fourth-order valence-electron chi connectivity index (χ4n) is 1.18. The van der Waals surface area contributed by atoms with Crippen LogP contribution in [0.15, 0.2) is 12.3 Å². The number of hydrogen-bond donors (Lipinski definition) is 2. The molecule has 0 aromatic heterocycles. The largest absolute Gasteiger partial charge is 0.466 e. The molecule has 0 aliphatic carbocycles. The molecule has 1 aliphatic rings. The molecule has 14 heavy (non-hydrogen) atoms. The Morgan fingerprint density at radius 2 is 2.57 bits per heavy atom. The van der Waals surface area contributed by atoms with Gasteiger partial charge in [-0.15, -0.1) is 0 Å². The third-order valence-electron chi connectivity index (χ3n) is 2.05. The third-order valence-corrected chi connectivity index (χ3v) is 2.05. The molecule has 1 rings (SSSR count). The zero-order chi connectivity index (χ0) is 10.4. The Labute approximate surface area is 82.7 Å². The van der Waals surface area contributed by atoms with Crippen molar-refractivity contribution in [2.24, 2.45) is 0 Å². The van der Waals surface area contributed by atoms with Gasteiger partial charge < -0.3 is 19.9 Å². The Balaban J connectivity index is 2.20. The first kappa shape index (κ1) is 11.0. The van der Waals surface area contributed by atoms with Crippen LogP contribution in [-0.2, 0) is 14.3 Å². The molecule has 5 heteroatoms. The van der Waals surface area contributed by atoms with Crippen LogP contribution in [-0.4, -0.2) is 43.5 Å². The molecule has 0 spiro atoms. The quantitative estimate of drug-likeness (QED) is 0.470. The SMILES string of the molecule is COC(=O)/C=C/NCC1(O)CCOC1. The van der Waals surface area contributed by atoms with E-state index >= 15 is 0 Å². The van der Waals surface area contributed by atoms with Crippen LogP contribution in [0.3, 0.4) is 0 Å². The molecular formula is C9H15NO4. The number of methoxy groups -OCH3 is 1. The summed E-state index contributed by atoms with van der Waals surface area (Å²) in [6.45, 7) is 1.30. The van der Waals surface area contributed by atoms with E-state index in [2.05, 4.69) is 10.1 Å². The first-order valence-corrected chi connectivity index (χ1v) is 4.44. The molecule has 0 bridgehead atoms. The summed E-state index contributed by atoms with van der Waals surface area (Å²) >= 11 is 0. The normalized spacial score (nSPS) is 26.7. The van der Waals surface area contributed by atoms with Crippen molar-refractivity contribution >= 4 is 5.97 Å². The van der Waals surface area contributed by atoms with Crippen molar-refractivity contribution in [3.05, 3.63) is 12.3 Å². The number of nitrogens with one attached hydrogen (secondary N) is 1. The Bertz CT molecular complexity index is 221. The first-order chi connectivity index (χ1) is 6.66. The van der Waals surface area contributed by atoms with Gasteiger partial charge in [0.1, 0.15) is 5.60 Å². The van der Waals surface area contributed by atoms with Crippen LogP contribution in [0.2, 0.25) is 0 Å². The van der Waals surface area contributed by atoms with Gasteiger partial charge in [0.25, 0.3) is 0 Å². The van der Waals surface area contributed by atoms with E-state index in [0.717, 1.165) is 0 Å². The lowest BCUT2D eigenvalue weighted by Gasteiger charge is -2.19. The lowest BCUT2D eigenvalue weighted by atomic mass is 10.0. The smallest absolute Gasteiger partial charge is 0.331 e. The molecule has 0 aromatic rings. The predicted octanol–water partition coefficient (Wildman–Crippen LogP) is -0.586. The number of hydrogen-bond acceptors (Lipinski definition) is 5. The minimum atomic E-state index is -0.805. The molecule has 0 aromatic carbocycles. The Morgan fingerprint density at radius 3 is 3.14 bits per heavy atom. The highest BCUT2D eigenvalue weighted by molar-refractivity contribution is 5.81. The van der Waals surface area contributed by atoms with Gasteiger partial charge in [0.05, 0.1) is 13.7 Å². The molecule has 1 saturated heterocycles. The topological polar surface area (TPSA) is 67.8 Å². The van der Waals surface area contributed by atoms with Crippen LogP contribution in [0.4, 0.5) is 0 Å². The van der Waals surface area contributed by atoms with Crippen LogP contribution in [0.25, 0.3) is 0 Å². The van der Waals surface area contributed by atoms with Gasteiger partial charge in [-0.2, -0.15) is 0 Å². The fraction of sp³-hybridized carbons (Fsp3) is 0.667. The summed E-state index contributed by atoms with van der Waals surface area (Å²) in [5.41, 5.74) is -0.805. The van der Waals surface area contributed by atoms with E-state index < -0.39 is 11.6 Å². The maximum Gasteiger partial charge on any atom is 0.331 e. The fourth-order valence-corrected chi connectivity index (χ4v) is 1.18. The van der Waals surface area contributed by atoms with Gasteiger partial charge in [-0.3, -0.25) is 0 Å². The van der Waals surface area contributed by atoms with Crippen molar-refractivity contribution in [2.75, 3.05) is 26.9 Å². The van der Waals surface area contributed by atoms with E-state index in [1.165, 1.54) is 19.4 Å². The second-order valence-corrected chi connectivity index (χ2v) is 3.26. The van der Waals surface area contributed by atoms with Crippen molar-refractivity contribution in [3.8, 4) is 0 Å². The van der Waals surface area contributed by atoms with Crippen LogP contribution >= 0.6 is 0 Å². The second-order valence-electron chi connectivity index (χ2n) is 3.26. The molecule has 80 valence electrons. The van der Waals surface area contributed by atoms with Gasteiger partial charge in [0.2, 0.25) is 0 Å². The minimum absolute atomic E-state index is 0.339. The van der Waals surface area contributed by atoms with Gasteiger partial charge in [-0.1, -0.05) is 0 Å². The Morgan fingerprint density at radius 1 is 1.79 bits per heavy atom. The maximum atomic E-state index is 10.7. The standard InChI is InChI=1S/C9H15NO4/c1-13-8(11)2-4-10-6-9(12)3-5-14-7-9/h2,4,10,12H,3,5-7H2,1H3/b4-2+. The summed E-state index contributed by atoms with van der Waals surface area (Å²) in [5, 5.41) is 12.6. The summed E-state index contributed by atoms with van der Waals surface area (Å²) in [7, 11) is 1.31. The predicted molar refractivity (Wildman–Crippen MR) is 49.5 cm³/mol. The lowest BCUT2D eigenvalue weighted by molar-refractivity contribution is -0.134. The molecule has 1 atom stereocenters. The number of carbonyl (C=O) groups is 1. The van der Waals surface area contributed by atoms with E-state index in [-0.39, 0.29) is 0 Å². The van der Waals surface area contributed by atoms with Gasteiger partial charge in [-0.25, -0.2) is 4.79 Å². The highest BCUT2D eigenvalue weighted by Crippen LogP contribution is 2.16. The summed E-state index contributed by atoms with van der Waals surface area (Å²) in [5.74, 6) is -0.424. The average Bonchev–Trinajstić information content (AvgIpc) is 2.60. The van der Waals surface area contributed by atoms with Crippen LogP contribution in [0.1, 0.15) is 6.42 Å². The molecule has 1 heterocycles. The Kier molecular flexibility index (Phi) is 3.91. The van der Waals surface area contributed by atoms with Crippen molar-refractivity contribution in [3.63, 3.8) is 0 Å². The van der Waals surface area contributed by atoms with Crippen molar-refractivity contribution in [1.82, 2.24) is 5.32 Å². The third kappa shape index (κ3) is 3.35. The van der Waals surface area contributed by atoms with Crippen LogP contribution < -0.4 is 5.32 Å². The number of carbonyl (C=O) groups excluding carboxylic acids is 1. The zero-order valence-corrected chi connectivity index (χ0v) is 8.16. The van der Waals surface area contributed by atoms with E-state index in [4.69, 9.17) is 4.74 Å². The minimum Gasteiger partial charge on any atom is -0.466 e. The summed E-state index contributed by atoms with van der Waals surface area (Å²) in [4.78, 5) is 10.7. The first-order valence-electron chi connectivity index (χ1n) is 4.44. The maximum absolute atomic E-state index is 10.7. The lowest BCUT2D eigenvalue weighted by Crippen LogP contribution is -2.39. The van der Waals surface area contributed by atoms with Gasteiger partial charge >= 0.3 is 5.97 Å². The highest BCUT2D eigenvalue weighted by Gasteiger charge is 2.31. The molecule has 0 amide bonds. The molecule has 0 saturated carbocycles. The number of aliphatic hydroxyl groups is 1. The molecule has 5 nitrogen and oxygen atoms in total. The number of esters is 1. The summed E-state index contributed by atoms with van der Waals surface area (Å²) in [6.07, 6.45) is 3.34. The summed E-state index contributed by atoms with van der Waals surface area (Å²) in [6, 6.07) is 0. The second kappa shape index (κ2) is 4.97. The molecule has 1 unspecified atom stereocenters. The van der Waals surface area contributed by atoms with Crippen LogP contribution in [0.5, 0.6) is 0 Å². The number of ether oxygens (including phenoxy) is 2. The zero-order valence-electron chi connectivity index (χ0n) is 8.16. The van der Waals surface area contributed by atoms with Crippen molar-refractivity contribution < 1.29 is 19.4 Å². The molecular weight excluding hydrogens is 186 g/mol. The van der Waals surface area contributed by atoms with Gasteiger partial charge in [0.15, 0.2) is 0 Å². The van der Waals surface area contributed by atoms with E-state index in [9.17, 15) is 9.90 Å². The number of rotatable bonds is 4. The molecule has 0 radical (unpaired) electrons. The van der Waals surface area contributed by atoms with Gasteiger partial charge in [-0.05, 0) is 0 Å². The summed E-state index contributed by atoms with van der Waals surface area (Å²) < 4.78 is 9.45. The average molecular weight is 201 g/mol. The van der Waals surface area contributed by atoms with Crippen molar-refractivity contribution in [2.45, 2.75) is 12.0 Å². The highest BCUT2D eigenvalue weighted by atomic mass is 16.5. The Hall–Kier alpha value is -1.07. The van der Waals surface area contributed by atoms with E-state index in [1.807, 2.05) is 0 Å². The molecule has 1 fully saturated rings.